The smallest absolute Gasteiger partial charge is 0.302 e. The molecular weight excluding hydrogens is 392 g/mol. The molecule has 0 spiro atoms. The predicted octanol–water partition coefficient (Wildman–Crippen LogP) is 5.21. The van der Waals surface area contributed by atoms with Crippen molar-refractivity contribution in [1.29, 1.82) is 0 Å². The zero-order valence-electron chi connectivity index (χ0n) is 20.1. The quantitative estimate of drug-likeness (QED) is 0.347. The number of fused-ring (bicyclic) bond motifs is 5. The fraction of sp³-hybridized carbons (Fsp3) is 0.880. The van der Waals surface area contributed by atoms with Crippen molar-refractivity contribution in [1.82, 2.24) is 0 Å². The van der Waals surface area contributed by atoms with Gasteiger partial charge in [-0.15, -0.1) is 0 Å². The van der Waals surface area contributed by atoms with Crippen LogP contribution in [-0.4, -0.2) is 37.7 Å². The van der Waals surface area contributed by atoms with Crippen molar-refractivity contribution in [2.75, 3.05) is 14.2 Å². The molecule has 4 rings (SSSR count). The van der Waals surface area contributed by atoms with Gasteiger partial charge in [0, 0.05) is 12.8 Å². The van der Waals surface area contributed by atoms with Gasteiger partial charge in [-0.1, -0.05) is 24.2 Å². The van der Waals surface area contributed by atoms with E-state index in [1.165, 1.54) is 39.0 Å². The Morgan fingerprint density at radius 1 is 0.968 bits per heavy atom. The molecule has 6 heteroatoms. The summed E-state index contributed by atoms with van der Waals surface area (Å²) in [4.78, 5) is 21.9. The van der Waals surface area contributed by atoms with Gasteiger partial charge in [0.25, 0.3) is 0 Å². The van der Waals surface area contributed by atoms with Gasteiger partial charge in [0.2, 0.25) is 0 Å². The minimum Gasteiger partial charge on any atom is -0.463 e. The monoisotopic (exact) mass is 432 g/mol. The Bertz CT molecular complexity index is 765. The highest BCUT2D eigenvalue weighted by atomic mass is 16.6. The summed E-state index contributed by atoms with van der Waals surface area (Å²) < 4.78 is 5.62. The van der Waals surface area contributed by atoms with Crippen LogP contribution in [0.15, 0.2) is 10.3 Å². The molecule has 0 saturated heterocycles. The zero-order valence-corrected chi connectivity index (χ0v) is 20.1. The van der Waals surface area contributed by atoms with E-state index in [1.807, 2.05) is 0 Å². The molecule has 0 N–H and O–H groups in total. The lowest BCUT2D eigenvalue weighted by molar-refractivity contribution is -0.159. The lowest BCUT2D eigenvalue weighted by atomic mass is 9.44. The molecule has 0 heterocycles. The second-order valence-electron chi connectivity index (χ2n) is 11.0. The Labute approximate surface area is 187 Å². The molecule has 4 aliphatic carbocycles. The van der Waals surface area contributed by atoms with Crippen LogP contribution in [0.2, 0.25) is 0 Å². The summed E-state index contributed by atoms with van der Waals surface area (Å²) >= 11 is 0. The number of nitrogens with zero attached hydrogens (tertiary/aromatic N) is 2. The molecule has 31 heavy (non-hydrogen) atoms. The summed E-state index contributed by atoms with van der Waals surface area (Å²) in [5, 5.41) is 8.81. The number of carbonyl (C=O) groups is 1. The van der Waals surface area contributed by atoms with Gasteiger partial charge in [-0.05, 0) is 92.8 Å². The second-order valence-corrected chi connectivity index (χ2v) is 11.0. The molecule has 0 bridgehead atoms. The van der Waals surface area contributed by atoms with Crippen LogP contribution in [0.3, 0.4) is 0 Å². The number of carbonyl (C=O) groups excluding carboxylic acids is 1. The van der Waals surface area contributed by atoms with Crippen LogP contribution in [-0.2, 0) is 19.2 Å². The third-order valence-electron chi connectivity index (χ3n) is 9.67. The Kier molecular flexibility index (Phi) is 6.12. The van der Waals surface area contributed by atoms with Crippen molar-refractivity contribution in [3.8, 4) is 0 Å². The molecule has 8 atom stereocenters. The van der Waals surface area contributed by atoms with Crippen molar-refractivity contribution in [3.63, 3.8) is 0 Å². The molecule has 4 aliphatic rings. The van der Waals surface area contributed by atoms with Crippen molar-refractivity contribution in [3.05, 3.63) is 0 Å². The summed E-state index contributed by atoms with van der Waals surface area (Å²) in [7, 11) is 3.27. The molecule has 0 radical (unpaired) electrons. The Hall–Kier alpha value is -1.59. The van der Waals surface area contributed by atoms with E-state index >= 15 is 0 Å². The first kappa shape index (κ1) is 22.6. The molecule has 4 fully saturated rings. The van der Waals surface area contributed by atoms with Crippen LogP contribution in [0.4, 0.5) is 0 Å². The number of esters is 1. The predicted molar refractivity (Wildman–Crippen MR) is 121 cm³/mol. The highest BCUT2D eigenvalue weighted by Crippen LogP contribution is 2.67. The highest BCUT2D eigenvalue weighted by molar-refractivity contribution is 6.08. The van der Waals surface area contributed by atoms with Gasteiger partial charge in [0.15, 0.2) is 0 Å². The van der Waals surface area contributed by atoms with E-state index < -0.39 is 0 Å². The minimum atomic E-state index is -0.134. The van der Waals surface area contributed by atoms with Crippen molar-refractivity contribution in [2.45, 2.75) is 85.2 Å². The fourth-order valence-electron chi connectivity index (χ4n) is 8.50. The number of hydrogen-bond donors (Lipinski definition) is 0. The minimum absolute atomic E-state index is 0.116. The Balaban J connectivity index is 1.60. The molecule has 0 aromatic rings. The SMILES string of the molecule is CO/N=C1/C[C@@H]2[C@@H]3CC[C@H]4C[C@H](OC(C)=O)CC[C@]4(C)[C@@H]3CC[C@]2(C)[C@@H]1/C(C)=N/OC. The Morgan fingerprint density at radius 3 is 2.39 bits per heavy atom. The first-order chi connectivity index (χ1) is 14.7. The average Bonchev–Trinajstić information content (AvgIpc) is 3.00. The van der Waals surface area contributed by atoms with E-state index in [4.69, 9.17) is 14.4 Å². The molecule has 0 unspecified atom stereocenters. The van der Waals surface area contributed by atoms with Gasteiger partial charge in [-0.2, -0.15) is 0 Å². The van der Waals surface area contributed by atoms with Gasteiger partial charge in [0.1, 0.15) is 20.3 Å². The van der Waals surface area contributed by atoms with E-state index in [-0.39, 0.29) is 23.4 Å². The average molecular weight is 433 g/mol. The second kappa shape index (κ2) is 8.40. The molecule has 0 aromatic heterocycles. The van der Waals surface area contributed by atoms with E-state index in [9.17, 15) is 4.79 Å². The van der Waals surface area contributed by atoms with E-state index in [0.717, 1.165) is 36.6 Å². The molecular formula is C25H40N2O4. The van der Waals surface area contributed by atoms with Crippen molar-refractivity contribution in [2.24, 2.45) is 50.7 Å². The van der Waals surface area contributed by atoms with Crippen molar-refractivity contribution < 1.29 is 19.2 Å². The third-order valence-corrected chi connectivity index (χ3v) is 9.67. The molecule has 6 nitrogen and oxygen atoms in total. The van der Waals surface area contributed by atoms with Gasteiger partial charge in [0.05, 0.1) is 11.4 Å². The molecule has 174 valence electrons. The normalized spacial score (nSPS) is 46.0. The molecule has 0 aromatic carbocycles. The summed E-state index contributed by atoms with van der Waals surface area (Å²) in [5.74, 6) is 2.79. The summed E-state index contributed by atoms with van der Waals surface area (Å²) in [6, 6.07) is 0. The number of hydrogen-bond acceptors (Lipinski definition) is 6. The Morgan fingerprint density at radius 2 is 1.71 bits per heavy atom. The third kappa shape index (κ3) is 3.68. The van der Waals surface area contributed by atoms with Gasteiger partial charge in [-0.3, -0.25) is 4.79 Å². The first-order valence-corrected chi connectivity index (χ1v) is 12.1. The standard InChI is InChI=1S/C25H40N2O4/c1-15(26-29-5)23-22(27-30-6)14-21-19-8-7-17-13-18(31-16(2)28)9-11-24(17,3)20(19)10-12-25(21,23)4/h17-21,23H,7-14H2,1-6H3/b26-15+,27-22-/t17-,18+,19+,20+,21+,23+,24-,25-/m0/s1. The first-order valence-electron chi connectivity index (χ1n) is 12.1. The van der Waals surface area contributed by atoms with Crippen LogP contribution >= 0.6 is 0 Å². The topological polar surface area (TPSA) is 69.5 Å². The van der Waals surface area contributed by atoms with Crippen LogP contribution in [0.1, 0.15) is 79.1 Å². The molecule has 0 amide bonds. The summed E-state index contributed by atoms with van der Waals surface area (Å²) in [6.45, 7) is 8.61. The molecule has 0 aliphatic heterocycles. The summed E-state index contributed by atoms with van der Waals surface area (Å²) in [6.07, 6.45) is 9.32. The van der Waals surface area contributed by atoms with Crippen LogP contribution < -0.4 is 0 Å². The van der Waals surface area contributed by atoms with Crippen LogP contribution in [0.5, 0.6) is 0 Å². The van der Waals surface area contributed by atoms with E-state index in [2.05, 4.69) is 31.1 Å². The maximum absolute atomic E-state index is 11.5. The number of ether oxygens (including phenoxy) is 1. The van der Waals surface area contributed by atoms with E-state index in [0.29, 0.717) is 23.2 Å². The zero-order chi connectivity index (χ0) is 22.4. The lowest BCUT2D eigenvalue weighted by Gasteiger charge is -2.60. The highest BCUT2D eigenvalue weighted by Gasteiger charge is 2.62. The van der Waals surface area contributed by atoms with Gasteiger partial charge >= 0.3 is 5.97 Å². The summed E-state index contributed by atoms with van der Waals surface area (Å²) in [5.41, 5.74) is 2.67. The lowest BCUT2D eigenvalue weighted by Crippen LogP contribution is -2.54. The largest absolute Gasteiger partial charge is 0.463 e. The maximum Gasteiger partial charge on any atom is 0.302 e. The van der Waals surface area contributed by atoms with E-state index in [1.54, 1.807) is 14.2 Å². The molecule has 4 saturated carbocycles. The van der Waals surface area contributed by atoms with Crippen LogP contribution in [0, 0.1) is 40.4 Å². The maximum atomic E-state index is 11.5. The van der Waals surface area contributed by atoms with Crippen LogP contribution in [0.25, 0.3) is 0 Å². The number of oxime groups is 2. The fourth-order valence-corrected chi connectivity index (χ4v) is 8.50. The van der Waals surface area contributed by atoms with Gasteiger partial charge < -0.3 is 14.4 Å². The number of rotatable bonds is 4. The van der Waals surface area contributed by atoms with Gasteiger partial charge in [-0.25, -0.2) is 0 Å². The van der Waals surface area contributed by atoms with Crippen molar-refractivity contribution >= 4 is 17.4 Å².